The number of hydrogen-bond donors (Lipinski definition) is 2. The van der Waals surface area contributed by atoms with Gasteiger partial charge < -0.3 is 5.32 Å². The lowest BCUT2D eigenvalue weighted by molar-refractivity contribution is 0.574. The van der Waals surface area contributed by atoms with E-state index in [0.29, 0.717) is 18.7 Å². The molecule has 2 rings (SSSR count). The fourth-order valence-electron chi connectivity index (χ4n) is 1.78. The van der Waals surface area contributed by atoms with E-state index in [9.17, 15) is 9.59 Å². The van der Waals surface area contributed by atoms with Crippen molar-refractivity contribution in [3.05, 3.63) is 55.0 Å². The minimum absolute atomic E-state index is 0.313. The molecule has 2 aromatic rings. The van der Waals surface area contributed by atoms with Crippen molar-refractivity contribution in [1.82, 2.24) is 14.9 Å². The first kappa shape index (κ1) is 13.8. The van der Waals surface area contributed by atoms with Crippen molar-refractivity contribution in [3.8, 4) is 0 Å². The number of aromatic amines is 1. The highest BCUT2D eigenvalue weighted by atomic mass is 32.1. The molecule has 19 heavy (non-hydrogen) atoms. The Morgan fingerprint density at radius 3 is 2.95 bits per heavy atom. The Hall–Kier alpha value is -1.66. The predicted molar refractivity (Wildman–Crippen MR) is 77.0 cm³/mol. The van der Waals surface area contributed by atoms with Gasteiger partial charge in [0, 0.05) is 36.3 Å². The zero-order valence-corrected chi connectivity index (χ0v) is 11.6. The highest BCUT2D eigenvalue weighted by Crippen LogP contribution is 2.07. The van der Waals surface area contributed by atoms with Crippen LogP contribution in [0.25, 0.3) is 0 Å². The Kier molecular flexibility index (Phi) is 4.70. The zero-order chi connectivity index (χ0) is 13.7. The van der Waals surface area contributed by atoms with Crippen LogP contribution in [0.5, 0.6) is 0 Å². The van der Waals surface area contributed by atoms with E-state index in [-0.39, 0.29) is 11.2 Å². The van der Waals surface area contributed by atoms with Crippen LogP contribution in [-0.4, -0.2) is 22.6 Å². The fourth-order valence-corrected chi connectivity index (χ4v) is 2.48. The summed E-state index contributed by atoms with van der Waals surface area (Å²) < 4.78 is 1.52. The SMILES string of the molecule is Cc1cn(CCNCCc2cccs2)c(=O)[nH]c1=O. The first-order valence-electron chi connectivity index (χ1n) is 6.20. The number of rotatable bonds is 6. The van der Waals surface area contributed by atoms with Crippen LogP contribution in [0.15, 0.2) is 33.3 Å². The van der Waals surface area contributed by atoms with Crippen LogP contribution >= 0.6 is 11.3 Å². The molecule has 0 unspecified atom stereocenters. The van der Waals surface area contributed by atoms with Gasteiger partial charge in [0.1, 0.15) is 0 Å². The molecule has 2 N–H and O–H groups in total. The number of nitrogens with zero attached hydrogens (tertiary/aromatic N) is 1. The zero-order valence-electron chi connectivity index (χ0n) is 10.8. The number of hydrogen-bond acceptors (Lipinski definition) is 4. The first-order chi connectivity index (χ1) is 9.16. The van der Waals surface area contributed by atoms with Gasteiger partial charge in [0.15, 0.2) is 0 Å². The van der Waals surface area contributed by atoms with E-state index < -0.39 is 0 Å². The van der Waals surface area contributed by atoms with Gasteiger partial charge in [-0.25, -0.2) is 4.79 Å². The number of aryl methyl sites for hydroxylation is 1. The van der Waals surface area contributed by atoms with Gasteiger partial charge in [-0.1, -0.05) is 6.07 Å². The smallest absolute Gasteiger partial charge is 0.315 e. The van der Waals surface area contributed by atoms with Crippen LogP contribution < -0.4 is 16.6 Å². The van der Waals surface area contributed by atoms with Crippen molar-refractivity contribution in [2.75, 3.05) is 13.1 Å². The van der Waals surface area contributed by atoms with Crippen LogP contribution in [0.4, 0.5) is 0 Å². The molecule has 5 nitrogen and oxygen atoms in total. The molecular weight excluding hydrogens is 262 g/mol. The predicted octanol–water partition coefficient (Wildman–Crippen LogP) is 0.739. The molecule has 0 fully saturated rings. The van der Waals surface area contributed by atoms with E-state index in [1.54, 1.807) is 24.5 Å². The molecule has 0 bridgehead atoms. The molecule has 0 aliphatic heterocycles. The normalized spacial score (nSPS) is 10.8. The lowest BCUT2D eigenvalue weighted by Gasteiger charge is -2.07. The summed E-state index contributed by atoms with van der Waals surface area (Å²) in [5.41, 5.74) is -0.110. The lowest BCUT2D eigenvalue weighted by atomic mass is 10.3. The third kappa shape index (κ3) is 3.90. The third-order valence-corrected chi connectivity index (χ3v) is 3.78. The minimum Gasteiger partial charge on any atom is -0.315 e. The molecule has 6 heteroatoms. The highest BCUT2D eigenvalue weighted by Gasteiger charge is 2.00. The molecule has 0 aliphatic rings. The number of thiophene rings is 1. The van der Waals surface area contributed by atoms with Crippen molar-refractivity contribution in [2.24, 2.45) is 0 Å². The molecule has 0 saturated heterocycles. The summed E-state index contributed by atoms with van der Waals surface area (Å²) in [5.74, 6) is 0. The molecule has 0 radical (unpaired) electrons. The molecule has 0 spiro atoms. The summed E-state index contributed by atoms with van der Waals surface area (Å²) in [6.07, 6.45) is 2.60. The topological polar surface area (TPSA) is 66.9 Å². The average molecular weight is 279 g/mol. The molecule has 2 heterocycles. The second-order valence-corrected chi connectivity index (χ2v) is 5.38. The summed E-state index contributed by atoms with van der Waals surface area (Å²) in [7, 11) is 0. The van der Waals surface area contributed by atoms with Crippen molar-refractivity contribution >= 4 is 11.3 Å². The van der Waals surface area contributed by atoms with E-state index in [2.05, 4.69) is 21.7 Å². The van der Waals surface area contributed by atoms with Crippen LogP contribution in [0, 0.1) is 6.92 Å². The van der Waals surface area contributed by atoms with Gasteiger partial charge in [0.25, 0.3) is 5.56 Å². The van der Waals surface area contributed by atoms with Gasteiger partial charge >= 0.3 is 5.69 Å². The molecule has 102 valence electrons. The summed E-state index contributed by atoms with van der Waals surface area (Å²) in [4.78, 5) is 26.4. The second-order valence-electron chi connectivity index (χ2n) is 4.34. The van der Waals surface area contributed by atoms with Crippen LogP contribution in [0.1, 0.15) is 10.4 Å². The molecule has 0 atom stereocenters. The molecule has 0 amide bonds. The third-order valence-electron chi connectivity index (χ3n) is 2.85. The van der Waals surface area contributed by atoms with E-state index in [1.165, 1.54) is 9.44 Å². The van der Waals surface area contributed by atoms with Crippen molar-refractivity contribution < 1.29 is 0 Å². The van der Waals surface area contributed by atoms with Crippen molar-refractivity contribution in [2.45, 2.75) is 19.9 Å². The first-order valence-corrected chi connectivity index (χ1v) is 7.08. The standard InChI is InChI=1S/C13H17N3O2S/c1-10-9-16(13(18)15-12(10)17)7-6-14-5-4-11-3-2-8-19-11/h2-3,8-9,14H,4-7H2,1H3,(H,15,17,18). The van der Waals surface area contributed by atoms with Crippen LogP contribution in [0.3, 0.4) is 0 Å². The Bertz CT molecular complexity index is 628. The lowest BCUT2D eigenvalue weighted by Crippen LogP contribution is -2.33. The van der Waals surface area contributed by atoms with Crippen molar-refractivity contribution in [3.63, 3.8) is 0 Å². The van der Waals surface area contributed by atoms with Gasteiger partial charge in [-0.05, 0) is 24.8 Å². The van der Waals surface area contributed by atoms with Gasteiger partial charge in [-0.2, -0.15) is 0 Å². The number of H-pyrrole nitrogens is 1. The fraction of sp³-hybridized carbons (Fsp3) is 0.385. The number of aromatic nitrogens is 2. The van der Waals surface area contributed by atoms with Gasteiger partial charge in [-0.3, -0.25) is 14.3 Å². The largest absolute Gasteiger partial charge is 0.328 e. The minimum atomic E-state index is -0.351. The monoisotopic (exact) mass is 279 g/mol. The Balaban J connectivity index is 1.78. The highest BCUT2D eigenvalue weighted by molar-refractivity contribution is 7.09. The molecule has 0 saturated carbocycles. The van der Waals surface area contributed by atoms with E-state index in [1.807, 2.05) is 6.07 Å². The van der Waals surface area contributed by atoms with E-state index in [4.69, 9.17) is 0 Å². The van der Waals surface area contributed by atoms with Gasteiger partial charge in [0.2, 0.25) is 0 Å². The van der Waals surface area contributed by atoms with E-state index in [0.717, 1.165) is 13.0 Å². The summed E-state index contributed by atoms with van der Waals surface area (Å²) >= 11 is 1.75. The molecule has 0 aliphatic carbocycles. The van der Waals surface area contributed by atoms with Crippen LogP contribution in [-0.2, 0) is 13.0 Å². The maximum Gasteiger partial charge on any atom is 0.328 e. The van der Waals surface area contributed by atoms with Crippen molar-refractivity contribution in [1.29, 1.82) is 0 Å². The van der Waals surface area contributed by atoms with E-state index >= 15 is 0 Å². The maximum absolute atomic E-state index is 11.5. The van der Waals surface area contributed by atoms with Gasteiger partial charge in [-0.15, -0.1) is 11.3 Å². The quantitative estimate of drug-likeness (QED) is 0.766. The Morgan fingerprint density at radius 1 is 1.37 bits per heavy atom. The summed E-state index contributed by atoms with van der Waals surface area (Å²) in [6.45, 7) is 3.84. The molecule has 2 aromatic heterocycles. The van der Waals surface area contributed by atoms with Gasteiger partial charge in [0.05, 0.1) is 0 Å². The van der Waals surface area contributed by atoms with Crippen LogP contribution in [0.2, 0.25) is 0 Å². The number of nitrogens with one attached hydrogen (secondary N) is 2. The second kappa shape index (κ2) is 6.49. The average Bonchev–Trinajstić information content (AvgIpc) is 2.88. The summed E-state index contributed by atoms with van der Waals surface area (Å²) in [6, 6.07) is 4.16. The Morgan fingerprint density at radius 2 is 2.21 bits per heavy atom. The maximum atomic E-state index is 11.5. The Labute approximate surface area is 114 Å². The summed E-state index contributed by atoms with van der Waals surface area (Å²) in [5, 5.41) is 5.36. The molecular formula is C13H17N3O2S. The molecule has 0 aromatic carbocycles.